The molecule has 1 aliphatic heterocycles. The number of hydrogen-bond donors (Lipinski definition) is 0. The lowest BCUT2D eigenvalue weighted by Crippen LogP contribution is -2.49. The van der Waals surface area contributed by atoms with Crippen molar-refractivity contribution >= 4 is 10.0 Å². The third-order valence-corrected chi connectivity index (χ3v) is 6.17. The Balaban J connectivity index is 1.79. The fourth-order valence-corrected chi connectivity index (χ4v) is 4.48. The van der Waals surface area contributed by atoms with Crippen LogP contribution in [0, 0.1) is 0 Å². The van der Waals surface area contributed by atoms with Gasteiger partial charge in [-0.1, -0.05) is 30.3 Å². The van der Waals surface area contributed by atoms with Gasteiger partial charge >= 0.3 is 0 Å². The molecule has 2 heterocycles. The maximum Gasteiger partial charge on any atom is 0.218 e. The van der Waals surface area contributed by atoms with Gasteiger partial charge in [0.15, 0.2) is 0 Å². The van der Waals surface area contributed by atoms with Crippen LogP contribution in [0.4, 0.5) is 0 Å². The number of aromatic nitrogens is 2. The molecule has 0 spiro atoms. The van der Waals surface area contributed by atoms with E-state index in [1.54, 1.807) is 10.5 Å². The molecule has 23 heavy (non-hydrogen) atoms. The number of aryl methyl sites for hydroxylation is 1. The molecule has 0 radical (unpaired) electrons. The molecule has 0 aliphatic carbocycles. The molecule has 0 N–H and O–H groups in total. The van der Waals surface area contributed by atoms with Gasteiger partial charge in [0.1, 0.15) is 5.82 Å². The summed E-state index contributed by atoms with van der Waals surface area (Å²) in [4.78, 5) is 6.55. The van der Waals surface area contributed by atoms with Crippen molar-refractivity contribution < 1.29 is 8.42 Å². The summed E-state index contributed by atoms with van der Waals surface area (Å²) >= 11 is 0. The molecular weight excluding hydrogens is 312 g/mol. The average Bonchev–Trinajstić information content (AvgIpc) is 2.94. The Hall–Kier alpha value is -1.70. The predicted molar refractivity (Wildman–Crippen MR) is 89.2 cm³/mol. The molecule has 1 aromatic carbocycles. The molecule has 7 heteroatoms. The van der Waals surface area contributed by atoms with E-state index in [1.807, 2.05) is 55.2 Å². The quantitative estimate of drug-likeness (QED) is 0.844. The van der Waals surface area contributed by atoms with E-state index < -0.39 is 10.0 Å². The number of rotatable bonds is 4. The van der Waals surface area contributed by atoms with E-state index in [1.165, 1.54) is 0 Å². The smallest absolute Gasteiger partial charge is 0.218 e. The molecule has 1 aliphatic rings. The molecule has 6 nitrogen and oxygen atoms in total. The molecule has 1 saturated heterocycles. The summed E-state index contributed by atoms with van der Waals surface area (Å²) in [5.74, 6) is 0.942. The summed E-state index contributed by atoms with van der Waals surface area (Å²) in [6, 6.07) is 9.31. The van der Waals surface area contributed by atoms with Crippen LogP contribution in [0.15, 0.2) is 42.7 Å². The molecule has 3 rings (SSSR count). The zero-order chi connectivity index (χ0) is 16.4. The first kappa shape index (κ1) is 16.2. The lowest BCUT2D eigenvalue weighted by Gasteiger charge is -2.38. The predicted octanol–water partition coefficient (Wildman–Crippen LogP) is 1.24. The minimum absolute atomic E-state index is 0.0192. The van der Waals surface area contributed by atoms with Gasteiger partial charge in [-0.05, 0) is 12.6 Å². The fourth-order valence-electron chi connectivity index (χ4n) is 2.95. The number of piperazine rings is 1. The normalized spacial score (nSPS) is 20.7. The summed E-state index contributed by atoms with van der Waals surface area (Å²) in [5.41, 5.74) is 0.819. The third kappa shape index (κ3) is 3.46. The van der Waals surface area contributed by atoms with Gasteiger partial charge in [-0.2, -0.15) is 4.31 Å². The van der Waals surface area contributed by atoms with E-state index in [9.17, 15) is 8.42 Å². The van der Waals surface area contributed by atoms with Crippen LogP contribution in [0.1, 0.15) is 17.4 Å². The SMILES string of the molecule is CN1CCN(S(=O)(=O)Cc2ccccc2)C[C@H]1c1nccn1C. The van der Waals surface area contributed by atoms with E-state index in [0.717, 1.165) is 11.4 Å². The molecule has 1 atom stereocenters. The second kappa shape index (κ2) is 6.43. The van der Waals surface area contributed by atoms with Crippen LogP contribution in [0.2, 0.25) is 0 Å². The summed E-state index contributed by atoms with van der Waals surface area (Å²) in [7, 11) is 0.625. The van der Waals surface area contributed by atoms with E-state index in [2.05, 4.69) is 9.88 Å². The highest BCUT2D eigenvalue weighted by Gasteiger charge is 2.34. The van der Waals surface area contributed by atoms with Crippen molar-refractivity contribution in [2.45, 2.75) is 11.8 Å². The summed E-state index contributed by atoms with van der Waals surface area (Å²) in [6.45, 7) is 1.66. The van der Waals surface area contributed by atoms with Crippen LogP contribution in [0.25, 0.3) is 0 Å². The first-order chi connectivity index (χ1) is 11.0. The molecule has 1 fully saturated rings. The van der Waals surface area contributed by atoms with Crippen LogP contribution in [-0.2, 0) is 22.8 Å². The molecule has 0 unspecified atom stereocenters. The van der Waals surface area contributed by atoms with E-state index in [-0.39, 0.29) is 11.8 Å². The Morgan fingerprint density at radius 2 is 1.91 bits per heavy atom. The number of hydrogen-bond acceptors (Lipinski definition) is 4. The van der Waals surface area contributed by atoms with Gasteiger partial charge in [0.2, 0.25) is 10.0 Å². The number of sulfonamides is 1. The standard InChI is InChI=1S/C16H22N4O2S/c1-18-10-11-20(12-15(18)16-17-8-9-19(16)2)23(21,22)13-14-6-4-3-5-7-14/h3-9,15H,10-13H2,1-2H3/t15-/m0/s1. The van der Waals surface area contributed by atoms with Gasteiger partial charge in [0.25, 0.3) is 0 Å². The van der Waals surface area contributed by atoms with Gasteiger partial charge in [0, 0.05) is 39.1 Å². The van der Waals surface area contributed by atoms with Crippen LogP contribution in [0.3, 0.4) is 0 Å². The van der Waals surface area contributed by atoms with Gasteiger partial charge in [-0.15, -0.1) is 0 Å². The largest absolute Gasteiger partial charge is 0.337 e. The first-order valence-corrected chi connectivity index (χ1v) is 9.27. The maximum absolute atomic E-state index is 12.7. The molecule has 0 amide bonds. The van der Waals surface area contributed by atoms with Crippen molar-refractivity contribution in [3.8, 4) is 0 Å². The number of likely N-dealkylation sites (N-methyl/N-ethyl adjacent to an activating group) is 1. The van der Waals surface area contributed by atoms with Crippen LogP contribution >= 0.6 is 0 Å². The zero-order valence-electron chi connectivity index (χ0n) is 13.5. The number of nitrogens with zero attached hydrogens (tertiary/aromatic N) is 4. The Bertz CT molecular complexity index is 757. The zero-order valence-corrected chi connectivity index (χ0v) is 14.3. The molecule has 0 saturated carbocycles. The van der Waals surface area contributed by atoms with E-state index in [0.29, 0.717) is 19.6 Å². The lowest BCUT2D eigenvalue weighted by atomic mass is 10.2. The second-order valence-corrected chi connectivity index (χ2v) is 7.96. The van der Waals surface area contributed by atoms with Gasteiger partial charge in [0.05, 0.1) is 11.8 Å². The highest BCUT2D eigenvalue weighted by atomic mass is 32.2. The summed E-state index contributed by atoms with van der Waals surface area (Å²) in [6.07, 6.45) is 3.64. The highest BCUT2D eigenvalue weighted by Crippen LogP contribution is 2.25. The van der Waals surface area contributed by atoms with Crippen LogP contribution in [0.5, 0.6) is 0 Å². The Labute approximate surface area is 137 Å². The van der Waals surface area contributed by atoms with Crippen LogP contribution < -0.4 is 0 Å². The second-order valence-electron chi connectivity index (χ2n) is 5.99. The molecule has 124 valence electrons. The van der Waals surface area contributed by atoms with Crippen molar-refractivity contribution in [2.75, 3.05) is 26.7 Å². The molecule has 0 bridgehead atoms. The van der Waals surface area contributed by atoms with E-state index >= 15 is 0 Å². The van der Waals surface area contributed by atoms with Gasteiger partial charge < -0.3 is 4.57 Å². The minimum Gasteiger partial charge on any atom is -0.337 e. The number of imidazole rings is 1. The maximum atomic E-state index is 12.7. The Morgan fingerprint density at radius 1 is 1.17 bits per heavy atom. The highest BCUT2D eigenvalue weighted by molar-refractivity contribution is 7.88. The van der Waals surface area contributed by atoms with Gasteiger partial charge in [-0.3, -0.25) is 4.90 Å². The molecule has 2 aromatic rings. The van der Waals surface area contributed by atoms with Crippen molar-refractivity contribution in [3.63, 3.8) is 0 Å². The topological polar surface area (TPSA) is 58.4 Å². The minimum atomic E-state index is -3.33. The first-order valence-electron chi connectivity index (χ1n) is 7.66. The summed E-state index contributed by atoms with van der Waals surface area (Å²) in [5, 5.41) is 0. The Kier molecular flexibility index (Phi) is 4.52. The fraction of sp³-hybridized carbons (Fsp3) is 0.438. The Morgan fingerprint density at radius 3 is 2.57 bits per heavy atom. The van der Waals surface area contributed by atoms with Crippen molar-refractivity contribution in [3.05, 3.63) is 54.1 Å². The van der Waals surface area contributed by atoms with Crippen LogP contribution in [-0.4, -0.2) is 53.9 Å². The molecule has 1 aromatic heterocycles. The van der Waals surface area contributed by atoms with Gasteiger partial charge in [-0.25, -0.2) is 13.4 Å². The third-order valence-electron chi connectivity index (χ3n) is 4.35. The molecular formula is C16H22N4O2S. The number of benzene rings is 1. The van der Waals surface area contributed by atoms with E-state index in [4.69, 9.17) is 0 Å². The van der Waals surface area contributed by atoms with Crippen molar-refractivity contribution in [1.82, 2.24) is 18.8 Å². The van der Waals surface area contributed by atoms with Crippen molar-refractivity contribution in [1.29, 1.82) is 0 Å². The monoisotopic (exact) mass is 334 g/mol. The lowest BCUT2D eigenvalue weighted by molar-refractivity contribution is 0.140. The average molecular weight is 334 g/mol. The van der Waals surface area contributed by atoms with Crippen molar-refractivity contribution in [2.24, 2.45) is 7.05 Å². The summed E-state index contributed by atoms with van der Waals surface area (Å²) < 4.78 is 29.0.